The normalized spacial score (nSPS) is 14.6. The molecule has 20 heavy (non-hydrogen) atoms. The van der Waals surface area contributed by atoms with Crippen molar-refractivity contribution in [2.24, 2.45) is 5.73 Å². The van der Waals surface area contributed by atoms with Crippen LogP contribution in [0.5, 0.6) is 0 Å². The van der Waals surface area contributed by atoms with E-state index in [0.717, 1.165) is 14.9 Å². The van der Waals surface area contributed by atoms with Gasteiger partial charge in [0.15, 0.2) is 0 Å². The van der Waals surface area contributed by atoms with Crippen LogP contribution in [-0.4, -0.2) is 11.7 Å². The van der Waals surface area contributed by atoms with Gasteiger partial charge in [-0.05, 0) is 29.1 Å². The maximum atomic E-state index is 10.7. The highest BCUT2D eigenvalue weighted by Crippen LogP contribution is 2.40. The lowest BCUT2D eigenvalue weighted by Crippen LogP contribution is -2.20. The molecule has 0 aliphatic rings. The predicted molar refractivity (Wildman–Crippen MR) is 90.6 cm³/mol. The first kappa shape index (κ1) is 14.2. The summed E-state index contributed by atoms with van der Waals surface area (Å²) in [6.07, 6.45) is -0.566. The van der Waals surface area contributed by atoms with Crippen LogP contribution in [-0.2, 0) is 0 Å². The number of nitrogens with two attached hydrogens (primary N) is 1. The van der Waals surface area contributed by atoms with Crippen LogP contribution in [0.2, 0.25) is 0 Å². The number of hydrogen-bond donors (Lipinski definition) is 2. The fourth-order valence-corrected chi connectivity index (χ4v) is 5.08. The highest BCUT2D eigenvalue weighted by Gasteiger charge is 2.25. The van der Waals surface area contributed by atoms with E-state index in [0.29, 0.717) is 6.54 Å². The fraction of sp³-hybridized carbons (Fsp3) is 0.200. The third-order valence-electron chi connectivity index (χ3n) is 3.39. The quantitative estimate of drug-likeness (QED) is 0.712. The van der Waals surface area contributed by atoms with E-state index in [-0.39, 0.29) is 5.92 Å². The second-order valence-corrected chi connectivity index (χ2v) is 7.52. The van der Waals surface area contributed by atoms with E-state index in [9.17, 15) is 5.11 Å². The van der Waals surface area contributed by atoms with Crippen molar-refractivity contribution >= 4 is 48.0 Å². The Kier molecular flexibility index (Phi) is 4.23. The number of aliphatic hydroxyl groups excluding tert-OH is 1. The van der Waals surface area contributed by atoms with E-state index in [4.69, 9.17) is 5.73 Å². The zero-order valence-corrected chi connectivity index (χ0v) is 13.8. The van der Waals surface area contributed by atoms with Crippen molar-refractivity contribution in [3.05, 3.63) is 56.7 Å². The Hall–Kier alpha value is -0.720. The highest BCUT2D eigenvalue weighted by molar-refractivity contribution is 9.10. The van der Waals surface area contributed by atoms with E-state index in [1.165, 1.54) is 9.40 Å². The molecule has 0 saturated carbocycles. The molecule has 3 N–H and O–H groups in total. The summed E-state index contributed by atoms with van der Waals surface area (Å²) in [4.78, 5) is 0.984. The van der Waals surface area contributed by atoms with Crippen molar-refractivity contribution in [3.63, 3.8) is 0 Å². The second-order valence-electron chi connectivity index (χ2n) is 4.61. The van der Waals surface area contributed by atoms with Crippen LogP contribution in [0.1, 0.15) is 22.5 Å². The summed E-state index contributed by atoms with van der Waals surface area (Å²) in [6, 6.07) is 12.1. The molecule has 2 atom stereocenters. The van der Waals surface area contributed by atoms with E-state index in [2.05, 4.69) is 33.4 Å². The molecule has 0 aliphatic carbocycles. The minimum Gasteiger partial charge on any atom is -0.387 e. The summed E-state index contributed by atoms with van der Waals surface area (Å²) in [7, 11) is 0. The van der Waals surface area contributed by atoms with Gasteiger partial charge in [-0.2, -0.15) is 0 Å². The lowest BCUT2D eigenvalue weighted by molar-refractivity contribution is 0.151. The van der Waals surface area contributed by atoms with Gasteiger partial charge in [0.25, 0.3) is 0 Å². The topological polar surface area (TPSA) is 46.2 Å². The number of hydrogen-bond acceptors (Lipinski definition) is 4. The minimum absolute atomic E-state index is 0.0988. The smallest absolute Gasteiger partial charge is 0.0963 e. The molecule has 3 rings (SSSR count). The molecule has 5 heteroatoms. The zero-order chi connectivity index (χ0) is 14.1. The monoisotopic (exact) mass is 367 g/mol. The van der Waals surface area contributed by atoms with Gasteiger partial charge in [0.05, 0.1) is 6.10 Å². The van der Waals surface area contributed by atoms with Crippen molar-refractivity contribution in [1.82, 2.24) is 0 Å². The summed E-state index contributed by atoms with van der Waals surface area (Å²) in [5, 5.41) is 12.8. The van der Waals surface area contributed by atoms with Gasteiger partial charge in [-0.15, -0.1) is 22.7 Å². The van der Waals surface area contributed by atoms with Crippen LogP contribution in [0.3, 0.4) is 0 Å². The standard InChI is InChI=1S/C15H14BrNOS2/c16-11-4-2-1-3-9(11)10(8-17)15(18)14-7-13-12(20-14)5-6-19-13/h1-7,10,15,18H,8,17H2. The molecule has 1 aromatic carbocycles. The van der Waals surface area contributed by atoms with Crippen LogP contribution >= 0.6 is 38.6 Å². The number of thiophene rings is 2. The summed E-state index contributed by atoms with van der Waals surface area (Å²) in [6.45, 7) is 0.412. The molecular formula is C15H14BrNOS2. The van der Waals surface area contributed by atoms with E-state index in [1.54, 1.807) is 22.7 Å². The minimum atomic E-state index is -0.566. The van der Waals surface area contributed by atoms with Crippen LogP contribution in [0.15, 0.2) is 46.3 Å². The van der Waals surface area contributed by atoms with Crippen molar-refractivity contribution in [2.45, 2.75) is 12.0 Å². The number of rotatable bonds is 4. The predicted octanol–water partition coefficient (Wildman–Crippen LogP) is 4.50. The van der Waals surface area contributed by atoms with E-state index >= 15 is 0 Å². The van der Waals surface area contributed by atoms with Crippen LogP contribution in [0.25, 0.3) is 9.40 Å². The number of benzene rings is 1. The molecule has 0 spiro atoms. The number of aliphatic hydroxyl groups is 1. The van der Waals surface area contributed by atoms with E-state index in [1.807, 2.05) is 24.3 Å². The Morgan fingerprint density at radius 2 is 2.00 bits per heavy atom. The van der Waals surface area contributed by atoms with Gasteiger partial charge < -0.3 is 10.8 Å². The van der Waals surface area contributed by atoms with Crippen LogP contribution in [0.4, 0.5) is 0 Å². The van der Waals surface area contributed by atoms with Crippen molar-refractivity contribution in [3.8, 4) is 0 Å². The molecular weight excluding hydrogens is 354 g/mol. The first-order chi connectivity index (χ1) is 9.70. The molecule has 0 aliphatic heterocycles. The van der Waals surface area contributed by atoms with Gasteiger partial charge >= 0.3 is 0 Å². The molecule has 2 nitrogen and oxygen atoms in total. The first-order valence-corrected chi connectivity index (χ1v) is 8.79. The molecule has 3 aromatic rings. The third-order valence-corrected chi connectivity index (χ3v) is 6.28. The lowest BCUT2D eigenvalue weighted by Gasteiger charge is -2.22. The SMILES string of the molecule is NCC(c1ccccc1Br)C(O)c1cc2sccc2s1. The fourth-order valence-electron chi connectivity index (χ4n) is 2.33. The Bertz CT molecular complexity index is 693. The molecule has 0 saturated heterocycles. The Balaban J connectivity index is 1.96. The molecule has 2 unspecified atom stereocenters. The maximum Gasteiger partial charge on any atom is 0.0963 e. The summed E-state index contributed by atoms with van der Waals surface area (Å²) in [5.41, 5.74) is 6.96. The van der Waals surface area contributed by atoms with Gasteiger partial charge in [0.1, 0.15) is 0 Å². The molecule has 2 aromatic heterocycles. The van der Waals surface area contributed by atoms with Crippen LogP contribution < -0.4 is 5.73 Å². The number of halogens is 1. The average molecular weight is 368 g/mol. The Morgan fingerprint density at radius 3 is 2.70 bits per heavy atom. The Morgan fingerprint density at radius 1 is 1.20 bits per heavy atom. The number of fused-ring (bicyclic) bond motifs is 1. The largest absolute Gasteiger partial charge is 0.387 e. The molecule has 104 valence electrons. The third kappa shape index (κ3) is 2.56. The molecule has 0 amide bonds. The van der Waals surface area contributed by atoms with Crippen molar-refractivity contribution in [1.29, 1.82) is 0 Å². The molecule has 2 heterocycles. The van der Waals surface area contributed by atoms with Crippen molar-refractivity contribution < 1.29 is 5.11 Å². The van der Waals surface area contributed by atoms with Gasteiger partial charge in [-0.1, -0.05) is 34.1 Å². The summed E-state index contributed by atoms with van der Waals surface area (Å²) < 4.78 is 3.45. The summed E-state index contributed by atoms with van der Waals surface area (Å²) in [5.74, 6) is -0.0988. The molecule has 0 bridgehead atoms. The highest BCUT2D eigenvalue weighted by atomic mass is 79.9. The van der Waals surface area contributed by atoms with Crippen molar-refractivity contribution in [2.75, 3.05) is 6.54 Å². The first-order valence-electron chi connectivity index (χ1n) is 6.30. The summed E-state index contributed by atoms with van der Waals surface area (Å²) >= 11 is 6.89. The molecule has 0 radical (unpaired) electrons. The van der Waals surface area contributed by atoms with Gasteiger partial charge in [-0.25, -0.2) is 0 Å². The van der Waals surface area contributed by atoms with Gasteiger partial charge in [0.2, 0.25) is 0 Å². The van der Waals surface area contributed by atoms with E-state index < -0.39 is 6.10 Å². The second kappa shape index (κ2) is 5.95. The van der Waals surface area contributed by atoms with Crippen LogP contribution in [0, 0.1) is 0 Å². The average Bonchev–Trinajstić information content (AvgIpc) is 3.02. The maximum absolute atomic E-state index is 10.7. The molecule has 0 fully saturated rings. The van der Waals surface area contributed by atoms with Gasteiger partial charge in [-0.3, -0.25) is 0 Å². The zero-order valence-electron chi connectivity index (χ0n) is 10.6. The Labute approximate surface area is 134 Å². The lowest BCUT2D eigenvalue weighted by atomic mass is 9.92. The van der Waals surface area contributed by atoms with Gasteiger partial charge in [0, 0.05) is 31.2 Å².